The van der Waals surface area contributed by atoms with E-state index in [0.29, 0.717) is 17.1 Å². The lowest BCUT2D eigenvalue weighted by Gasteiger charge is -2.05. The van der Waals surface area contributed by atoms with E-state index in [9.17, 15) is 9.59 Å². The minimum absolute atomic E-state index is 0.328. The Kier molecular flexibility index (Phi) is 4.66. The zero-order chi connectivity index (χ0) is 17.6. The number of nitrogens with two attached hydrogens (primary N) is 1. The van der Waals surface area contributed by atoms with Crippen molar-refractivity contribution in [2.45, 2.75) is 0 Å². The number of hydrogen-bond donors (Lipinski definition) is 3. The summed E-state index contributed by atoms with van der Waals surface area (Å²) in [7, 11) is 0. The molecule has 3 aromatic rings. The molecule has 0 atom stereocenters. The average Bonchev–Trinajstić information content (AvgIpc) is 2.59. The van der Waals surface area contributed by atoms with Gasteiger partial charge < -0.3 is 16.4 Å². The first-order chi connectivity index (χ1) is 12.1. The second-order valence-corrected chi connectivity index (χ2v) is 5.18. The maximum Gasteiger partial charge on any atom is 0.316 e. The van der Waals surface area contributed by atoms with Gasteiger partial charge in [-0.25, -0.2) is 9.78 Å². The molecule has 0 saturated carbocycles. The van der Waals surface area contributed by atoms with Crippen molar-refractivity contribution in [2.24, 2.45) is 5.73 Å². The molecule has 0 bridgehead atoms. The van der Waals surface area contributed by atoms with Gasteiger partial charge in [0.2, 0.25) is 5.91 Å². The van der Waals surface area contributed by atoms with E-state index in [1.807, 2.05) is 24.3 Å². The number of para-hydroxylation sites is 2. The topological polar surface area (TPSA) is 110 Å². The maximum atomic E-state index is 12.0. The zero-order valence-corrected chi connectivity index (χ0v) is 13.1. The molecule has 2 aromatic carbocycles. The smallest absolute Gasteiger partial charge is 0.316 e. The molecule has 0 radical (unpaired) electrons. The van der Waals surface area contributed by atoms with Crippen LogP contribution in [0.15, 0.2) is 60.8 Å². The van der Waals surface area contributed by atoms with E-state index < -0.39 is 6.03 Å². The second kappa shape index (κ2) is 7.22. The number of benzene rings is 2. The number of anilines is 2. The summed E-state index contributed by atoms with van der Waals surface area (Å²) in [6.45, 7) is 0. The summed E-state index contributed by atoms with van der Waals surface area (Å²) in [4.78, 5) is 31.6. The lowest BCUT2D eigenvalue weighted by molar-refractivity contribution is -0.111. The quantitative estimate of drug-likeness (QED) is 0.638. The molecule has 0 aliphatic heterocycles. The number of nitrogens with one attached hydrogen (secondary N) is 2. The third-order valence-corrected chi connectivity index (χ3v) is 3.27. The summed E-state index contributed by atoms with van der Waals surface area (Å²) in [6.07, 6.45) is 4.55. The van der Waals surface area contributed by atoms with Crippen LogP contribution in [0.2, 0.25) is 0 Å². The van der Waals surface area contributed by atoms with Gasteiger partial charge in [-0.2, -0.15) is 0 Å². The summed E-state index contributed by atoms with van der Waals surface area (Å²) in [5.74, 6) is -0.328. The Morgan fingerprint density at radius 2 is 1.68 bits per heavy atom. The van der Waals surface area contributed by atoms with E-state index >= 15 is 0 Å². The minimum Gasteiger partial charge on any atom is -0.351 e. The molecule has 0 unspecified atom stereocenters. The highest BCUT2D eigenvalue weighted by Gasteiger charge is 2.02. The van der Waals surface area contributed by atoms with Crippen molar-refractivity contribution in [3.63, 3.8) is 0 Å². The van der Waals surface area contributed by atoms with Gasteiger partial charge in [0.05, 0.1) is 22.9 Å². The van der Waals surface area contributed by atoms with Crippen LogP contribution in [0.5, 0.6) is 0 Å². The Balaban J connectivity index is 1.69. The first-order valence-corrected chi connectivity index (χ1v) is 7.47. The van der Waals surface area contributed by atoms with Crippen molar-refractivity contribution >= 4 is 40.4 Å². The van der Waals surface area contributed by atoms with Gasteiger partial charge in [0.25, 0.3) is 0 Å². The Hall–Kier alpha value is -3.74. The fraction of sp³-hybridized carbons (Fsp3) is 0. The van der Waals surface area contributed by atoms with E-state index in [1.54, 1.807) is 36.5 Å². The molecule has 4 N–H and O–H groups in total. The van der Waals surface area contributed by atoms with Crippen molar-refractivity contribution in [3.05, 3.63) is 66.5 Å². The Morgan fingerprint density at radius 3 is 2.44 bits per heavy atom. The first-order valence-electron chi connectivity index (χ1n) is 7.47. The summed E-state index contributed by atoms with van der Waals surface area (Å²) >= 11 is 0. The predicted molar refractivity (Wildman–Crippen MR) is 96.8 cm³/mol. The third-order valence-electron chi connectivity index (χ3n) is 3.27. The van der Waals surface area contributed by atoms with Crippen LogP contribution in [0.3, 0.4) is 0 Å². The molecule has 3 rings (SSSR count). The molecule has 7 nitrogen and oxygen atoms in total. The number of urea groups is 1. The standard InChI is InChI=1S/C18H15N5O2/c19-18(25)23-13-5-3-4-12(10-13)22-17(24)9-8-14-11-20-15-6-1-2-7-16(15)21-14/h1-11H,(H,22,24)(H3,19,23,25)/b9-8+. The summed E-state index contributed by atoms with van der Waals surface area (Å²) < 4.78 is 0. The summed E-state index contributed by atoms with van der Waals surface area (Å²) in [5, 5.41) is 5.14. The van der Waals surface area contributed by atoms with Crippen LogP contribution in [-0.4, -0.2) is 21.9 Å². The maximum absolute atomic E-state index is 12.0. The van der Waals surface area contributed by atoms with Crippen LogP contribution in [0, 0.1) is 0 Å². The number of carbonyl (C=O) groups excluding carboxylic acids is 2. The van der Waals surface area contributed by atoms with Crippen LogP contribution in [0.1, 0.15) is 5.69 Å². The van der Waals surface area contributed by atoms with Gasteiger partial charge in [-0.05, 0) is 36.4 Å². The number of hydrogen-bond acceptors (Lipinski definition) is 4. The van der Waals surface area contributed by atoms with Crippen molar-refractivity contribution in [3.8, 4) is 0 Å². The lowest BCUT2D eigenvalue weighted by Crippen LogP contribution is -2.19. The van der Waals surface area contributed by atoms with E-state index in [2.05, 4.69) is 20.6 Å². The molecule has 0 fully saturated rings. The fourth-order valence-corrected chi connectivity index (χ4v) is 2.21. The molecule has 0 saturated heterocycles. The molecular formula is C18H15N5O2. The number of primary amides is 1. The largest absolute Gasteiger partial charge is 0.351 e. The first kappa shape index (κ1) is 16.1. The van der Waals surface area contributed by atoms with Gasteiger partial charge >= 0.3 is 6.03 Å². The van der Waals surface area contributed by atoms with E-state index in [-0.39, 0.29) is 5.91 Å². The molecule has 25 heavy (non-hydrogen) atoms. The number of nitrogens with zero attached hydrogens (tertiary/aromatic N) is 2. The van der Waals surface area contributed by atoms with E-state index in [4.69, 9.17) is 5.73 Å². The van der Waals surface area contributed by atoms with Crippen LogP contribution >= 0.6 is 0 Å². The van der Waals surface area contributed by atoms with Gasteiger partial charge in [0.1, 0.15) is 0 Å². The highest BCUT2D eigenvalue weighted by atomic mass is 16.2. The highest BCUT2D eigenvalue weighted by molar-refractivity contribution is 6.02. The summed E-state index contributed by atoms with van der Waals surface area (Å²) in [6, 6.07) is 13.5. The van der Waals surface area contributed by atoms with Crippen LogP contribution in [0.25, 0.3) is 17.1 Å². The van der Waals surface area contributed by atoms with Gasteiger partial charge in [-0.3, -0.25) is 9.78 Å². The van der Waals surface area contributed by atoms with Crippen LogP contribution in [-0.2, 0) is 4.79 Å². The normalized spacial score (nSPS) is 10.7. The van der Waals surface area contributed by atoms with Gasteiger partial charge in [0, 0.05) is 17.5 Å². The van der Waals surface area contributed by atoms with Crippen molar-refractivity contribution in [2.75, 3.05) is 10.6 Å². The zero-order valence-electron chi connectivity index (χ0n) is 13.1. The number of amides is 3. The van der Waals surface area contributed by atoms with Gasteiger partial charge in [0.15, 0.2) is 0 Å². The van der Waals surface area contributed by atoms with Crippen LogP contribution < -0.4 is 16.4 Å². The molecular weight excluding hydrogens is 318 g/mol. The average molecular weight is 333 g/mol. The number of aromatic nitrogens is 2. The highest BCUT2D eigenvalue weighted by Crippen LogP contribution is 2.15. The molecule has 0 aliphatic rings. The van der Waals surface area contributed by atoms with Crippen LogP contribution in [0.4, 0.5) is 16.2 Å². The van der Waals surface area contributed by atoms with Crippen molar-refractivity contribution in [1.29, 1.82) is 0 Å². The Bertz CT molecular complexity index is 968. The molecule has 0 aliphatic carbocycles. The molecule has 124 valence electrons. The SMILES string of the molecule is NC(=O)Nc1cccc(NC(=O)/C=C/c2cnc3ccccc3n2)c1. The molecule has 1 heterocycles. The molecule has 7 heteroatoms. The molecule has 3 amide bonds. The Labute approximate surface area is 143 Å². The Morgan fingerprint density at radius 1 is 0.960 bits per heavy atom. The van der Waals surface area contributed by atoms with E-state index in [1.165, 1.54) is 6.08 Å². The number of rotatable bonds is 4. The molecule has 1 aromatic heterocycles. The van der Waals surface area contributed by atoms with E-state index in [0.717, 1.165) is 11.0 Å². The van der Waals surface area contributed by atoms with Crippen molar-refractivity contribution < 1.29 is 9.59 Å². The monoisotopic (exact) mass is 333 g/mol. The number of carbonyl (C=O) groups is 2. The minimum atomic E-state index is -0.668. The van der Waals surface area contributed by atoms with Gasteiger partial charge in [-0.1, -0.05) is 18.2 Å². The number of fused-ring (bicyclic) bond motifs is 1. The fourth-order valence-electron chi connectivity index (χ4n) is 2.21. The van der Waals surface area contributed by atoms with Crippen molar-refractivity contribution in [1.82, 2.24) is 9.97 Å². The third kappa shape index (κ3) is 4.38. The summed E-state index contributed by atoms with van der Waals surface area (Å²) in [5.41, 5.74) is 8.23. The second-order valence-electron chi connectivity index (χ2n) is 5.18. The lowest BCUT2D eigenvalue weighted by atomic mass is 10.2. The van der Waals surface area contributed by atoms with Gasteiger partial charge in [-0.15, -0.1) is 0 Å². The molecule has 0 spiro atoms. The predicted octanol–water partition coefficient (Wildman–Crippen LogP) is 2.77.